The number of alkyl carbamates (subject to hydrolysis) is 1. The van der Waals surface area contributed by atoms with Crippen LogP contribution in [-0.2, 0) is 28.7 Å². The Morgan fingerprint density at radius 2 is 1.68 bits per heavy atom. The Balaban J connectivity index is 2.10. The molecule has 2 aliphatic rings. The van der Waals surface area contributed by atoms with E-state index in [1.807, 2.05) is 13.8 Å². The van der Waals surface area contributed by atoms with Gasteiger partial charge in [0.2, 0.25) is 17.7 Å². The van der Waals surface area contributed by atoms with Gasteiger partial charge < -0.3 is 35.2 Å². The lowest BCUT2D eigenvalue weighted by Gasteiger charge is -2.31. The lowest BCUT2D eigenvalue weighted by Crippen LogP contribution is -2.59. The zero-order chi connectivity index (χ0) is 28.8. The van der Waals surface area contributed by atoms with E-state index in [9.17, 15) is 24.0 Å². The van der Waals surface area contributed by atoms with Gasteiger partial charge in [-0.3, -0.25) is 14.4 Å². The van der Waals surface area contributed by atoms with Gasteiger partial charge in [-0.2, -0.15) is 0 Å². The van der Waals surface area contributed by atoms with Crippen molar-refractivity contribution in [3.8, 4) is 0 Å². The van der Waals surface area contributed by atoms with Crippen LogP contribution in [0.15, 0.2) is 0 Å². The van der Waals surface area contributed by atoms with E-state index in [2.05, 4.69) is 16.0 Å². The summed E-state index contributed by atoms with van der Waals surface area (Å²) in [6.07, 6.45) is 1.62. The second kappa shape index (κ2) is 12.8. The van der Waals surface area contributed by atoms with Crippen LogP contribution in [0, 0.1) is 5.92 Å². The summed E-state index contributed by atoms with van der Waals surface area (Å²) in [6.45, 7) is 9.64. The van der Waals surface area contributed by atoms with Crippen molar-refractivity contribution < 1.29 is 33.4 Å². The lowest BCUT2D eigenvalue weighted by atomic mass is 10.0. The van der Waals surface area contributed by atoms with Crippen molar-refractivity contribution in [2.24, 2.45) is 5.92 Å². The summed E-state index contributed by atoms with van der Waals surface area (Å²) in [6, 6.07) is -2.50. The predicted molar refractivity (Wildman–Crippen MR) is 140 cm³/mol. The van der Waals surface area contributed by atoms with E-state index in [0.717, 1.165) is 0 Å². The summed E-state index contributed by atoms with van der Waals surface area (Å²) in [5, 5.41) is 8.22. The SMILES string of the molecule is COC(=O)[C@H](CC(C)C)NC(=O)C1(NC(=O)[C@H]2CCCN2C(=O)[C@H](CN(C)C)NC(=O)OC(C)(C)C)CC1. The third kappa shape index (κ3) is 8.85. The normalized spacial score (nSPS) is 19.9. The summed E-state index contributed by atoms with van der Waals surface area (Å²) < 4.78 is 10.1. The van der Waals surface area contributed by atoms with Gasteiger partial charge in [0.05, 0.1) is 7.11 Å². The Bertz CT molecular complexity index is 895. The Morgan fingerprint density at radius 1 is 1.05 bits per heavy atom. The fourth-order valence-electron chi connectivity index (χ4n) is 4.48. The highest BCUT2D eigenvalue weighted by molar-refractivity contribution is 5.98. The molecule has 0 spiro atoms. The Labute approximate surface area is 225 Å². The Hall–Kier alpha value is -2.89. The van der Waals surface area contributed by atoms with E-state index in [1.54, 1.807) is 39.8 Å². The number of likely N-dealkylation sites (tertiary alicyclic amines) is 1. The molecule has 12 nitrogen and oxygen atoms in total. The van der Waals surface area contributed by atoms with Crippen LogP contribution in [0.5, 0.6) is 0 Å². The summed E-state index contributed by atoms with van der Waals surface area (Å²) in [7, 11) is 4.83. The number of carbonyl (C=O) groups is 5. The maximum atomic E-state index is 13.5. The molecule has 2 rings (SSSR count). The Kier molecular flexibility index (Phi) is 10.5. The fourth-order valence-corrected chi connectivity index (χ4v) is 4.48. The molecule has 1 aliphatic heterocycles. The van der Waals surface area contributed by atoms with E-state index >= 15 is 0 Å². The topological polar surface area (TPSA) is 146 Å². The molecule has 38 heavy (non-hydrogen) atoms. The molecule has 0 radical (unpaired) electrons. The number of rotatable bonds is 11. The molecule has 4 amide bonds. The second-order valence-corrected chi connectivity index (χ2v) is 11.9. The van der Waals surface area contributed by atoms with Crippen LogP contribution in [0.3, 0.4) is 0 Å². The number of hydrogen-bond donors (Lipinski definition) is 3. The lowest BCUT2D eigenvalue weighted by molar-refractivity contribution is -0.146. The number of amides is 4. The van der Waals surface area contributed by atoms with Crippen molar-refractivity contribution in [2.75, 3.05) is 34.3 Å². The second-order valence-electron chi connectivity index (χ2n) is 11.9. The maximum Gasteiger partial charge on any atom is 0.408 e. The van der Waals surface area contributed by atoms with Gasteiger partial charge in [0.25, 0.3) is 0 Å². The third-order valence-electron chi connectivity index (χ3n) is 6.42. The van der Waals surface area contributed by atoms with Gasteiger partial charge in [-0.25, -0.2) is 9.59 Å². The minimum atomic E-state index is -1.12. The van der Waals surface area contributed by atoms with Crippen molar-refractivity contribution >= 4 is 29.8 Å². The molecule has 3 N–H and O–H groups in total. The van der Waals surface area contributed by atoms with Crippen LogP contribution in [0.2, 0.25) is 0 Å². The first-order valence-electron chi connectivity index (χ1n) is 13.2. The first kappa shape index (κ1) is 31.3. The molecule has 1 saturated carbocycles. The van der Waals surface area contributed by atoms with E-state index in [-0.39, 0.29) is 18.4 Å². The van der Waals surface area contributed by atoms with E-state index < -0.39 is 53.1 Å². The molecule has 1 saturated heterocycles. The van der Waals surface area contributed by atoms with Gasteiger partial charge in [-0.05, 0) is 72.9 Å². The number of nitrogens with zero attached hydrogens (tertiary/aromatic N) is 2. The van der Waals surface area contributed by atoms with E-state index in [1.165, 1.54) is 12.0 Å². The minimum absolute atomic E-state index is 0.145. The zero-order valence-corrected chi connectivity index (χ0v) is 24.0. The van der Waals surface area contributed by atoms with Gasteiger partial charge in [0.1, 0.15) is 29.3 Å². The quantitative estimate of drug-likeness (QED) is 0.327. The van der Waals surface area contributed by atoms with E-state index in [0.29, 0.717) is 38.6 Å². The first-order valence-corrected chi connectivity index (χ1v) is 13.2. The van der Waals surface area contributed by atoms with Crippen LogP contribution < -0.4 is 16.0 Å². The molecular weight excluding hydrogens is 494 g/mol. The summed E-state index contributed by atoms with van der Waals surface area (Å²) in [4.78, 5) is 67.7. The van der Waals surface area contributed by atoms with Gasteiger partial charge in [-0.15, -0.1) is 0 Å². The largest absolute Gasteiger partial charge is 0.467 e. The van der Waals surface area contributed by atoms with Crippen molar-refractivity contribution in [2.45, 2.75) is 96.0 Å². The number of methoxy groups -OCH3 is 1. The molecule has 0 aromatic heterocycles. The number of likely N-dealkylation sites (N-methyl/N-ethyl adjacent to an activating group) is 1. The third-order valence-corrected chi connectivity index (χ3v) is 6.42. The number of carbonyl (C=O) groups excluding carboxylic acids is 5. The molecule has 0 aromatic rings. The van der Waals surface area contributed by atoms with Gasteiger partial charge >= 0.3 is 12.1 Å². The van der Waals surface area contributed by atoms with Gasteiger partial charge in [0.15, 0.2) is 0 Å². The number of nitrogens with one attached hydrogen (secondary N) is 3. The molecular formula is C26H45N5O7. The highest BCUT2D eigenvalue weighted by Gasteiger charge is 2.53. The predicted octanol–water partition coefficient (Wildman–Crippen LogP) is 0.785. The minimum Gasteiger partial charge on any atom is -0.467 e. The molecule has 1 heterocycles. The van der Waals surface area contributed by atoms with Gasteiger partial charge in [0, 0.05) is 13.1 Å². The summed E-state index contributed by atoms with van der Waals surface area (Å²) in [5.74, 6) is -1.64. The van der Waals surface area contributed by atoms with Crippen molar-refractivity contribution in [1.29, 1.82) is 0 Å². The molecule has 216 valence electrons. The van der Waals surface area contributed by atoms with Crippen molar-refractivity contribution in [3.05, 3.63) is 0 Å². The van der Waals surface area contributed by atoms with Crippen LogP contribution in [-0.4, -0.2) is 103 Å². The summed E-state index contributed by atoms with van der Waals surface area (Å²) >= 11 is 0. The molecule has 1 aliphatic carbocycles. The van der Waals surface area contributed by atoms with Crippen LogP contribution in [0.1, 0.15) is 66.7 Å². The maximum absolute atomic E-state index is 13.5. The molecule has 0 unspecified atom stereocenters. The van der Waals surface area contributed by atoms with E-state index in [4.69, 9.17) is 9.47 Å². The monoisotopic (exact) mass is 539 g/mol. The van der Waals surface area contributed by atoms with Crippen molar-refractivity contribution in [1.82, 2.24) is 25.8 Å². The Morgan fingerprint density at radius 3 is 2.18 bits per heavy atom. The zero-order valence-electron chi connectivity index (χ0n) is 24.0. The molecule has 12 heteroatoms. The van der Waals surface area contributed by atoms with Crippen LogP contribution in [0.4, 0.5) is 4.79 Å². The molecule has 2 fully saturated rings. The molecule has 3 atom stereocenters. The van der Waals surface area contributed by atoms with Crippen LogP contribution in [0.25, 0.3) is 0 Å². The van der Waals surface area contributed by atoms with Crippen molar-refractivity contribution in [3.63, 3.8) is 0 Å². The molecule has 0 aromatic carbocycles. The standard InChI is InChI=1S/C26H45N5O7/c1-16(2)14-17(22(34)37-8)27-23(35)26(11-12-26)29-20(32)19-10-9-13-31(19)21(33)18(15-30(6)7)28-24(36)38-25(3,4)5/h16-19H,9-15H2,1-8H3,(H,27,35)(H,28,36)(H,29,32)/t17-,18-,19+/m0/s1. The van der Waals surface area contributed by atoms with Crippen LogP contribution >= 0.6 is 0 Å². The highest BCUT2D eigenvalue weighted by Crippen LogP contribution is 2.36. The fraction of sp³-hybridized carbons (Fsp3) is 0.808. The number of ether oxygens (including phenoxy) is 2. The smallest absolute Gasteiger partial charge is 0.408 e. The highest BCUT2D eigenvalue weighted by atomic mass is 16.6. The molecule has 0 bridgehead atoms. The average molecular weight is 540 g/mol. The van der Waals surface area contributed by atoms with Gasteiger partial charge in [-0.1, -0.05) is 13.8 Å². The first-order chi connectivity index (χ1) is 17.6. The number of hydrogen-bond acceptors (Lipinski definition) is 8. The average Bonchev–Trinajstić information content (AvgIpc) is 3.39. The number of esters is 1. The summed E-state index contributed by atoms with van der Waals surface area (Å²) in [5.41, 5.74) is -1.84.